The molecule has 0 radical (unpaired) electrons. The van der Waals surface area contributed by atoms with Crippen LogP contribution in [0.1, 0.15) is 44.3 Å². The van der Waals surface area contributed by atoms with Gasteiger partial charge in [-0.25, -0.2) is 4.98 Å². The van der Waals surface area contributed by atoms with E-state index in [0.717, 1.165) is 46.3 Å². The number of thiophene rings is 1. The van der Waals surface area contributed by atoms with Crippen LogP contribution in [-0.2, 0) is 6.54 Å². The summed E-state index contributed by atoms with van der Waals surface area (Å²) in [6, 6.07) is 3.73. The Kier molecular flexibility index (Phi) is 3.44. The normalized spacial score (nSPS) is 31.8. The van der Waals surface area contributed by atoms with E-state index in [0.29, 0.717) is 10.9 Å². The van der Waals surface area contributed by atoms with Gasteiger partial charge in [0.25, 0.3) is 5.56 Å². The van der Waals surface area contributed by atoms with Crippen LogP contribution in [0.25, 0.3) is 21.5 Å². The van der Waals surface area contributed by atoms with E-state index in [1.165, 1.54) is 49.9 Å². The first kappa shape index (κ1) is 16.1. The van der Waals surface area contributed by atoms with Gasteiger partial charge < -0.3 is 14.7 Å². The monoisotopic (exact) mass is 382 g/mol. The van der Waals surface area contributed by atoms with Crippen LogP contribution in [0.5, 0.6) is 0 Å². The summed E-state index contributed by atoms with van der Waals surface area (Å²) in [7, 11) is 0. The van der Waals surface area contributed by atoms with Crippen molar-refractivity contribution in [3.8, 4) is 11.3 Å². The molecular formula is C21H24N3O2S+. The molecule has 0 saturated heterocycles. The molecule has 3 N–H and O–H groups in total. The van der Waals surface area contributed by atoms with E-state index >= 15 is 0 Å². The Morgan fingerprint density at radius 2 is 1.96 bits per heavy atom. The summed E-state index contributed by atoms with van der Waals surface area (Å²) in [5, 5.41) is 5.12. The fourth-order valence-corrected chi connectivity index (χ4v) is 7.39. The van der Waals surface area contributed by atoms with Crippen LogP contribution in [0.15, 0.2) is 33.0 Å². The summed E-state index contributed by atoms with van der Waals surface area (Å²) in [5.74, 6) is 4.35. The lowest BCUT2D eigenvalue weighted by molar-refractivity contribution is -0.753. The van der Waals surface area contributed by atoms with Crippen molar-refractivity contribution in [1.82, 2.24) is 9.97 Å². The van der Waals surface area contributed by atoms with Crippen molar-refractivity contribution >= 4 is 21.6 Å². The summed E-state index contributed by atoms with van der Waals surface area (Å²) in [5.41, 5.74) is 1.18. The number of aromatic nitrogens is 2. The van der Waals surface area contributed by atoms with E-state index < -0.39 is 0 Å². The Hall–Kier alpha value is -1.92. The number of fused-ring (bicyclic) bond motifs is 1. The molecule has 0 unspecified atom stereocenters. The third-order valence-corrected chi connectivity index (χ3v) is 7.97. The van der Waals surface area contributed by atoms with Crippen molar-refractivity contribution < 1.29 is 9.73 Å². The first-order valence-corrected chi connectivity index (χ1v) is 10.9. The number of hydrogen-bond acceptors (Lipinski definition) is 4. The van der Waals surface area contributed by atoms with Gasteiger partial charge in [-0.05, 0) is 49.1 Å². The van der Waals surface area contributed by atoms with Crippen LogP contribution in [-0.4, -0.2) is 15.5 Å². The minimum atomic E-state index is -0.0541. The van der Waals surface area contributed by atoms with E-state index in [9.17, 15) is 4.79 Å². The molecule has 3 aromatic rings. The van der Waals surface area contributed by atoms with E-state index in [-0.39, 0.29) is 5.56 Å². The summed E-state index contributed by atoms with van der Waals surface area (Å²) in [6.45, 7) is 0.769. The molecule has 27 heavy (non-hydrogen) atoms. The van der Waals surface area contributed by atoms with Gasteiger partial charge in [-0.15, -0.1) is 11.3 Å². The lowest BCUT2D eigenvalue weighted by Crippen LogP contribution is -2.97. The highest BCUT2D eigenvalue weighted by Crippen LogP contribution is 2.54. The number of rotatable bonds is 4. The minimum Gasteiger partial charge on any atom is -0.464 e. The molecule has 4 fully saturated rings. The maximum atomic E-state index is 12.8. The fraction of sp³-hybridized carbons (Fsp3) is 0.524. The lowest BCUT2D eigenvalue weighted by Gasteiger charge is -2.54. The Morgan fingerprint density at radius 1 is 1.22 bits per heavy atom. The van der Waals surface area contributed by atoms with Gasteiger partial charge in [0.2, 0.25) is 0 Å². The molecule has 5 nitrogen and oxygen atoms in total. The molecule has 0 aliphatic heterocycles. The SMILES string of the molecule is O=c1[nH]c(C[NH2+]C23CC4CC(CC(C4)C2)C3)nc2scc(-c3ccco3)c12. The zero-order chi connectivity index (χ0) is 18.0. The first-order chi connectivity index (χ1) is 13.2. The molecule has 4 saturated carbocycles. The van der Waals surface area contributed by atoms with Crippen LogP contribution in [0.4, 0.5) is 0 Å². The Morgan fingerprint density at radius 3 is 2.63 bits per heavy atom. The molecule has 0 spiro atoms. The van der Waals surface area contributed by atoms with Gasteiger partial charge in [0.1, 0.15) is 17.1 Å². The summed E-state index contributed by atoms with van der Waals surface area (Å²) in [6.07, 6.45) is 10.1. The van der Waals surface area contributed by atoms with E-state index in [1.54, 1.807) is 6.26 Å². The average Bonchev–Trinajstić information content (AvgIpc) is 3.28. The molecule has 140 valence electrons. The van der Waals surface area contributed by atoms with Crippen LogP contribution >= 0.6 is 11.3 Å². The number of H-pyrrole nitrogens is 1. The summed E-state index contributed by atoms with van der Waals surface area (Å²) in [4.78, 5) is 21.4. The van der Waals surface area contributed by atoms with E-state index in [4.69, 9.17) is 9.40 Å². The Balaban J connectivity index is 1.28. The number of hydrogen-bond donors (Lipinski definition) is 2. The van der Waals surface area contributed by atoms with E-state index in [2.05, 4.69) is 10.3 Å². The highest BCUT2D eigenvalue weighted by Gasteiger charge is 2.53. The third kappa shape index (κ3) is 2.61. The molecule has 4 bridgehead atoms. The van der Waals surface area contributed by atoms with Crippen LogP contribution in [0, 0.1) is 17.8 Å². The molecule has 0 aromatic carbocycles. The standard InChI is InChI=1S/C21H23N3O2S/c25-19-18-15(16-2-1-3-26-16)11-27-20(18)24-17(23-19)10-22-21-7-12-4-13(8-21)6-14(5-12)9-21/h1-3,11-14,22H,4-10H2,(H,23,24,25)/p+1. The quantitative estimate of drug-likeness (QED) is 0.727. The Labute approximate surface area is 161 Å². The second-order valence-corrected chi connectivity index (χ2v) is 9.87. The first-order valence-electron chi connectivity index (χ1n) is 10.1. The van der Waals surface area contributed by atoms with Crippen LogP contribution in [0.2, 0.25) is 0 Å². The van der Waals surface area contributed by atoms with Crippen molar-refractivity contribution in [2.45, 2.75) is 50.6 Å². The van der Waals surface area contributed by atoms with Crippen molar-refractivity contribution in [3.63, 3.8) is 0 Å². The minimum absolute atomic E-state index is 0.0541. The predicted molar refractivity (Wildman–Crippen MR) is 104 cm³/mol. The number of nitrogens with zero attached hydrogens (tertiary/aromatic N) is 1. The van der Waals surface area contributed by atoms with Gasteiger partial charge in [-0.2, -0.15) is 0 Å². The lowest BCUT2D eigenvalue weighted by atomic mass is 9.53. The van der Waals surface area contributed by atoms with Crippen molar-refractivity contribution in [1.29, 1.82) is 0 Å². The van der Waals surface area contributed by atoms with Gasteiger partial charge in [0.15, 0.2) is 5.82 Å². The largest absolute Gasteiger partial charge is 0.464 e. The van der Waals surface area contributed by atoms with Gasteiger partial charge in [-0.1, -0.05) is 0 Å². The highest BCUT2D eigenvalue weighted by molar-refractivity contribution is 7.17. The summed E-state index contributed by atoms with van der Waals surface area (Å²) >= 11 is 1.52. The van der Waals surface area contributed by atoms with Crippen molar-refractivity contribution in [2.75, 3.05) is 0 Å². The smallest absolute Gasteiger partial charge is 0.260 e. The van der Waals surface area contributed by atoms with Crippen molar-refractivity contribution in [2.24, 2.45) is 17.8 Å². The molecule has 4 aliphatic carbocycles. The van der Waals surface area contributed by atoms with E-state index in [1.807, 2.05) is 17.5 Å². The van der Waals surface area contributed by atoms with Gasteiger partial charge in [0, 0.05) is 30.2 Å². The van der Waals surface area contributed by atoms with Gasteiger partial charge in [0.05, 0.1) is 17.2 Å². The molecule has 0 amide bonds. The molecule has 4 aliphatic rings. The number of quaternary nitrogens is 1. The molecule has 3 aromatic heterocycles. The highest BCUT2D eigenvalue weighted by atomic mass is 32.1. The van der Waals surface area contributed by atoms with Crippen LogP contribution in [0.3, 0.4) is 0 Å². The zero-order valence-electron chi connectivity index (χ0n) is 15.2. The maximum Gasteiger partial charge on any atom is 0.260 e. The fourth-order valence-electron chi connectivity index (χ4n) is 6.44. The molecule has 3 heterocycles. The average molecular weight is 383 g/mol. The number of aromatic amines is 1. The van der Waals surface area contributed by atoms with Gasteiger partial charge >= 0.3 is 0 Å². The second kappa shape index (κ2) is 5.79. The topological polar surface area (TPSA) is 75.5 Å². The molecule has 0 atom stereocenters. The van der Waals surface area contributed by atoms with Crippen molar-refractivity contribution in [3.05, 3.63) is 40.0 Å². The Bertz CT molecular complexity index is 1010. The molecular weight excluding hydrogens is 358 g/mol. The predicted octanol–water partition coefficient (Wildman–Crippen LogP) is 3.28. The maximum absolute atomic E-state index is 12.8. The van der Waals surface area contributed by atoms with Crippen LogP contribution < -0.4 is 10.9 Å². The number of nitrogens with two attached hydrogens (primary N) is 1. The van der Waals surface area contributed by atoms with Gasteiger partial charge in [-0.3, -0.25) is 4.79 Å². The molecule has 6 heteroatoms. The number of furan rings is 1. The third-order valence-electron chi connectivity index (χ3n) is 7.09. The number of nitrogens with one attached hydrogen (secondary N) is 1. The molecule has 7 rings (SSSR count). The zero-order valence-corrected chi connectivity index (χ0v) is 16.1. The second-order valence-electron chi connectivity index (χ2n) is 9.01. The summed E-state index contributed by atoms with van der Waals surface area (Å²) < 4.78 is 5.48.